The van der Waals surface area contributed by atoms with Crippen molar-refractivity contribution in [3.8, 4) is 0 Å². The average Bonchev–Trinajstić information content (AvgIpc) is 3.24. The molecule has 0 saturated carbocycles. The topological polar surface area (TPSA) is 46.2 Å². The first-order valence-electron chi connectivity index (χ1n) is 7.53. The highest BCUT2D eigenvalue weighted by atomic mass is 32.1. The highest BCUT2D eigenvalue weighted by molar-refractivity contribution is 7.12. The van der Waals surface area contributed by atoms with Crippen LogP contribution in [0.2, 0.25) is 0 Å². The molecule has 0 bridgehead atoms. The zero-order chi connectivity index (χ0) is 16.5. The van der Waals surface area contributed by atoms with Crippen molar-refractivity contribution < 1.29 is 9.59 Å². The number of benzene rings is 2. The normalized spacial score (nSPS) is 14.5. The average molecular weight is 331 g/mol. The first-order chi connectivity index (χ1) is 11.7. The summed E-state index contributed by atoms with van der Waals surface area (Å²) in [5.41, 5.74) is 3.63. The highest BCUT2D eigenvalue weighted by Crippen LogP contribution is 2.34. The molecule has 1 N–H and O–H groups in total. The van der Waals surface area contributed by atoms with Crippen LogP contribution in [-0.2, 0) is 4.79 Å². The van der Waals surface area contributed by atoms with E-state index in [1.165, 1.54) is 11.3 Å². The predicted molar refractivity (Wildman–Crippen MR) is 97.1 cm³/mol. The van der Waals surface area contributed by atoms with E-state index in [1.807, 2.05) is 53.9 Å². The molecule has 0 fully saturated rings. The van der Waals surface area contributed by atoms with Crippen molar-refractivity contribution in [2.75, 3.05) is 5.32 Å². The summed E-state index contributed by atoms with van der Waals surface area (Å²) in [6.45, 7) is 0. The number of carbonyl (C=O) groups is 2. The van der Waals surface area contributed by atoms with Crippen LogP contribution in [-0.4, -0.2) is 11.7 Å². The number of fused-ring (bicyclic) bond motifs is 1. The Morgan fingerprint density at radius 1 is 1.00 bits per heavy atom. The van der Waals surface area contributed by atoms with Crippen molar-refractivity contribution in [1.82, 2.24) is 0 Å². The second-order valence-corrected chi connectivity index (χ2v) is 6.44. The molecule has 2 aromatic carbocycles. The summed E-state index contributed by atoms with van der Waals surface area (Å²) >= 11 is 1.42. The van der Waals surface area contributed by atoms with E-state index in [0.29, 0.717) is 16.0 Å². The van der Waals surface area contributed by atoms with Gasteiger partial charge < -0.3 is 5.32 Å². The van der Waals surface area contributed by atoms with E-state index in [1.54, 1.807) is 18.2 Å². The zero-order valence-corrected chi connectivity index (χ0v) is 13.5. The molecule has 4 heteroatoms. The zero-order valence-electron chi connectivity index (χ0n) is 12.7. The van der Waals surface area contributed by atoms with Crippen LogP contribution in [0.5, 0.6) is 0 Å². The van der Waals surface area contributed by atoms with E-state index in [-0.39, 0.29) is 11.7 Å². The first-order valence-corrected chi connectivity index (χ1v) is 8.41. The molecule has 1 amide bonds. The summed E-state index contributed by atoms with van der Waals surface area (Å²) in [6.07, 6.45) is 1.85. The van der Waals surface area contributed by atoms with Gasteiger partial charge in [0.25, 0.3) is 5.91 Å². The van der Waals surface area contributed by atoms with Gasteiger partial charge in [-0.2, -0.15) is 0 Å². The Morgan fingerprint density at radius 3 is 2.58 bits per heavy atom. The van der Waals surface area contributed by atoms with Gasteiger partial charge in [-0.1, -0.05) is 36.4 Å². The number of nitrogens with one attached hydrogen (secondary N) is 1. The fraction of sp³-hybridized carbons (Fsp3) is 0. The fourth-order valence-electron chi connectivity index (χ4n) is 2.74. The third kappa shape index (κ3) is 2.57. The quantitative estimate of drug-likeness (QED) is 0.568. The molecule has 0 saturated heterocycles. The van der Waals surface area contributed by atoms with Crippen molar-refractivity contribution in [1.29, 1.82) is 0 Å². The van der Waals surface area contributed by atoms with E-state index < -0.39 is 0 Å². The molecule has 0 spiro atoms. The standard InChI is InChI=1S/C20H13NO2S/c22-19(18-7-4-10-24-18)14-8-9-17-15(12-14)16(20(23)21-17)11-13-5-2-1-3-6-13/h1-12H,(H,21,23)/b16-11+. The molecule has 0 unspecified atom stereocenters. The number of ketones is 1. The number of amides is 1. The van der Waals surface area contributed by atoms with Crippen LogP contribution in [0, 0.1) is 0 Å². The number of anilines is 1. The monoisotopic (exact) mass is 331 g/mol. The van der Waals surface area contributed by atoms with Gasteiger partial charge in [0.2, 0.25) is 5.78 Å². The minimum Gasteiger partial charge on any atom is -0.321 e. The summed E-state index contributed by atoms with van der Waals surface area (Å²) in [5, 5.41) is 4.73. The Labute approximate surface area is 143 Å². The predicted octanol–water partition coefficient (Wildman–Crippen LogP) is 4.47. The number of hydrogen-bond donors (Lipinski definition) is 1. The highest BCUT2D eigenvalue weighted by Gasteiger charge is 2.25. The maximum atomic E-state index is 12.5. The van der Waals surface area contributed by atoms with Crippen LogP contribution in [0.25, 0.3) is 11.6 Å². The third-order valence-electron chi connectivity index (χ3n) is 3.92. The molecule has 3 nitrogen and oxygen atoms in total. The number of carbonyl (C=O) groups excluding carboxylic acids is 2. The van der Waals surface area contributed by atoms with Crippen LogP contribution in [0.15, 0.2) is 66.0 Å². The summed E-state index contributed by atoms with van der Waals surface area (Å²) < 4.78 is 0. The molecule has 0 radical (unpaired) electrons. The second kappa shape index (κ2) is 5.91. The molecule has 3 aromatic rings. The maximum absolute atomic E-state index is 12.5. The number of thiophene rings is 1. The van der Waals surface area contributed by atoms with E-state index in [4.69, 9.17) is 0 Å². The van der Waals surface area contributed by atoms with Gasteiger partial charge >= 0.3 is 0 Å². The molecule has 1 aromatic heterocycles. The smallest absolute Gasteiger partial charge is 0.256 e. The molecule has 0 aliphatic carbocycles. The van der Waals surface area contributed by atoms with Gasteiger partial charge in [0, 0.05) is 22.4 Å². The molecular formula is C20H13NO2S. The van der Waals surface area contributed by atoms with Gasteiger partial charge in [0.15, 0.2) is 0 Å². The third-order valence-corrected chi connectivity index (χ3v) is 4.79. The number of rotatable bonds is 3. The van der Waals surface area contributed by atoms with Crippen LogP contribution in [0.1, 0.15) is 26.4 Å². The lowest BCUT2D eigenvalue weighted by Gasteiger charge is -2.03. The van der Waals surface area contributed by atoms with Gasteiger partial charge in [-0.25, -0.2) is 0 Å². The van der Waals surface area contributed by atoms with Gasteiger partial charge in [-0.15, -0.1) is 11.3 Å². The van der Waals surface area contributed by atoms with Crippen LogP contribution in [0.4, 0.5) is 5.69 Å². The van der Waals surface area contributed by atoms with E-state index in [0.717, 1.165) is 16.8 Å². The lowest BCUT2D eigenvalue weighted by atomic mass is 9.99. The van der Waals surface area contributed by atoms with Crippen molar-refractivity contribution in [3.63, 3.8) is 0 Å². The SMILES string of the molecule is O=C1Nc2ccc(C(=O)c3cccs3)cc2/C1=C\c1ccccc1. The second-order valence-electron chi connectivity index (χ2n) is 5.49. The largest absolute Gasteiger partial charge is 0.321 e. The van der Waals surface area contributed by atoms with Crippen molar-refractivity contribution >= 4 is 40.4 Å². The Morgan fingerprint density at radius 2 is 1.83 bits per heavy atom. The van der Waals surface area contributed by atoms with Crippen LogP contribution in [0.3, 0.4) is 0 Å². The minimum atomic E-state index is -0.144. The Kier molecular flexibility index (Phi) is 3.59. The first kappa shape index (κ1) is 14.6. The number of hydrogen-bond acceptors (Lipinski definition) is 3. The molecule has 0 atom stereocenters. The van der Waals surface area contributed by atoms with Crippen molar-refractivity contribution in [2.45, 2.75) is 0 Å². The molecule has 1 aliphatic heterocycles. The summed E-state index contributed by atoms with van der Waals surface area (Å²) in [6, 6.07) is 18.7. The molecular weight excluding hydrogens is 318 g/mol. The fourth-order valence-corrected chi connectivity index (χ4v) is 3.42. The van der Waals surface area contributed by atoms with Gasteiger partial charge in [0.1, 0.15) is 0 Å². The van der Waals surface area contributed by atoms with Gasteiger partial charge in [0.05, 0.1) is 4.88 Å². The maximum Gasteiger partial charge on any atom is 0.256 e. The van der Waals surface area contributed by atoms with E-state index in [2.05, 4.69) is 5.32 Å². The van der Waals surface area contributed by atoms with Crippen LogP contribution < -0.4 is 5.32 Å². The lowest BCUT2D eigenvalue weighted by Crippen LogP contribution is -2.03. The lowest BCUT2D eigenvalue weighted by molar-refractivity contribution is -0.110. The minimum absolute atomic E-state index is 0.0220. The Balaban J connectivity index is 1.77. The van der Waals surface area contributed by atoms with Gasteiger partial charge in [-0.05, 0) is 41.3 Å². The van der Waals surface area contributed by atoms with Crippen molar-refractivity contribution in [3.05, 3.63) is 87.6 Å². The molecule has 2 heterocycles. The molecule has 116 valence electrons. The van der Waals surface area contributed by atoms with Crippen molar-refractivity contribution in [2.24, 2.45) is 0 Å². The Bertz CT molecular complexity index is 957. The Hall–Kier alpha value is -2.98. The molecule has 1 aliphatic rings. The van der Waals surface area contributed by atoms with Gasteiger partial charge in [-0.3, -0.25) is 9.59 Å². The molecule has 24 heavy (non-hydrogen) atoms. The van der Waals surface area contributed by atoms with E-state index in [9.17, 15) is 9.59 Å². The summed E-state index contributed by atoms with van der Waals surface area (Å²) in [7, 11) is 0. The van der Waals surface area contributed by atoms with Crippen LogP contribution >= 0.6 is 11.3 Å². The molecule has 4 rings (SSSR count). The summed E-state index contributed by atoms with van der Waals surface area (Å²) in [5.74, 6) is -0.166. The summed E-state index contributed by atoms with van der Waals surface area (Å²) in [4.78, 5) is 25.5. The van der Waals surface area contributed by atoms with E-state index >= 15 is 0 Å².